The molecule has 1 saturated carbocycles. The summed E-state index contributed by atoms with van der Waals surface area (Å²) in [5.74, 6) is -0.580. The summed E-state index contributed by atoms with van der Waals surface area (Å²) in [6, 6.07) is 4.30. The number of fused-ring (bicyclic) bond motifs is 3. The summed E-state index contributed by atoms with van der Waals surface area (Å²) in [5, 5.41) is 0. The molecule has 1 saturated heterocycles. The van der Waals surface area contributed by atoms with Gasteiger partial charge in [0.25, 0.3) is 5.88 Å². The molecular weight excluding hydrogens is 401 g/mol. The molecule has 8 heteroatoms. The molecule has 7 nitrogen and oxygen atoms in total. The molecule has 1 aliphatic carbocycles. The van der Waals surface area contributed by atoms with Gasteiger partial charge in [-0.2, -0.15) is 0 Å². The van der Waals surface area contributed by atoms with Gasteiger partial charge in [0, 0.05) is 17.8 Å². The number of aromatic nitrogens is 3. The Morgan fingerprint density at radius 1 is 1.23 bits per heavy atom. The topological polar surface area (TPSA) is 75.0 Å². The number of methoxy groups -OCH3 is 2. The van der Waals surface area contributed by atoms with Crippen LogP contribution in [-0.2, 0) is 16.6 Å². The molecule has 3 heterocycles. The van der Waals surface area contributed by atoms with E-state index in [2.05, 4.69) is 11.9 Å². The predicted molar refractivity (Wildman–Crippen MR) is 110 cm³/mol. The summed E-state index contributed by atoms with van der Waals surface area (Å²) in [6.07, 6.45) is 6.74. The van der Waals surface area contributed by atoms with Gasteiger partial charge in [-0.1, -0.05) is 6.07 Å². The fraction of sp³-hybridized carbons (Fsp3) is 0.435. The van der Waals surface area contributed by atoms with Crippen LogP contribution < -0.4 is 9.47 Å². The van der Waals surface area contributed by atoms with Crippen LogP contribution in [-0.4, -0.2) is 46.6 Å². The molecule has 0 N–H and O–H groups in total. The number of benzene rings is 1. The number of hydrogen-bond donors (Lipinski definition) is 0. The van der Waals surface area contributed by atoms with Crippen molar-refractivity contribution in [3.05, 3.63) is 53.4 Å². The molecule has 3 aromatic rings. The van der Waals surface area contributed by atoms with Crippen molar-refractivity contribution in [2.24, 2.45) is 0 Å². The van der Waals surface area contributed by atoms with Crippen LogP contribution in [0.5, 0.6) is 11.6 Å². The minimum absolute atomic E-state index is 0.0219. The van der Waals surface area contributed by atoms with E-state index >= 15 is 0 Å². The van der Waals surface area contributed by atoms with Gasteiger partial charge in [-0.25, -0.2) is 14.4 Å². The zero-order valence-corrected chi connectivity index (χ0v) is 17.8. The second kappa shape index (κ2) is 7.02. The Morgan fingerprint density at radius 3 is 2.71 bits per heavy atom. The van der Waals surface area contributed by atoms with Crippen molar-refractivity contribution in [3.63, 3.8) is 0 Å². The minimum atomic E-state index is -0.574. The van der Waals surface area contributed by atoms with E-state index in [1.807, 2.05) is 10.6 Å². The lowest BCUT2D eigenvalue weighted by Gasteiger charge is -2.24. The molecule has 2 aromatic heterocycles. The molecule has 0 spiro atoms. The number of carbonyl (C=O) groups excluding carboxylic acids is 1. The van der Waals surface area contributed by atoms with Gasteiger partial charge >= 0.3 is 0 Å². The van der Waals surface area contributed by atoms with Crippen molar-refractivity contribution in [2.75, 3.05) is 20.8 Å². The highest BCUT2D eigenvalue weighted by Gasteiger charge is 2.55. The quantitative estimate of drug-likeness (QED) is 0.563. The van der Waals surface area contributed by atoms with Crippen LogP contribution >= 0.6 is 0 Å². The number of para-hydroxylation sites is 1. The van der Waals surface area contributed by atoms with E-state index in [4.69, 9.17) is 19.2 Å². The summed E-state index contributed by atoms with van der Waals surface area (Å²) in [4.78, 5) is 22.2. The summed E-state index contributed by atoms with van der Waals surface area (Å²) >= 11 is 0. The van der Waals surface area contributed by atoms with Crippen LogP contribution in [0.15, 0.2) is 30.6 Å². The van der Waals surface area contributed by atoms with Crippen molar-refractivity contribution in [2.45, 2.75) is 43.6 Å². The highest BCUT2D eigenvalue weighted by molar-refractivity contribution is 5.99. The lowest BCUT2D eigenvalue weighted by atomic mass is 9.84. The van der Waals surface area contributed by atoms with Crippen molar-refractivity contribution >= 4 is 11.4 Å². The monoisotopic (exact) mass is 425 g/mol. The fourth-order valence-electron chi connectivity index (χ4n) is 4.94. The van der Waals surface area contributed by atoms with Crippen LogP contribution in [0.25, 0.3) is 5.65 Å². The standard InChI is InChI=1S/C23H24FN3O4/c1-22-7-8-23(12-22,13-31-22)18-11-27-10-14(25-21(30-3)20(27)26-18)9-17(28)15-5-4-6-16(24)19(15)29-2/h4-6,10-11H,7-9,12-13H2,1-3H3. The van der Waals surface area contributed by atoms with Gasteiger partial charge in [0.2, 0.25) is 5.65 Å². The van der Waals surface area contributed by atoms with Gasteiger partial charge in [0.15, 0.2) is 17.3 Å². The number of carbonyl (C=O) groups is 1. The van der Waals surface area contributed by atoms with Crippen molar-refractivity contribution in [3.8, 4) is 11.6 Å². The molecule has 31 heavy (non-hydrogen) atoms. The Hall–Kier alpha value is -3.00. The SMILES string of the molecule is COc1c(F)cccc1C(=O)Cc1cn2cc(C34CCC(C)(C3)OC4)nc2c(OC)n1. The Kier molecular flexibility index (Phi) is 4.51. The summed E-state index contributed by atoms with van der Waals surface area (Å²) < 4.78 is 32.4. The first-order valence-electron chi connectivity index (χ1n) is 10.3. The normalized spacial score (nSPS) is 24.6. The number of nitrogens with zero attached hydrogens (tertiary/aromatic N) is 3. The number of ketones is 1. The smallest absolute Gasteiger partial charge is 0.258 e. The number of hydrogen-bond acceptors (Lipinski definition) is 6. The molecule has 0 amide bonds. The van der Waals surface area contributed by atoms with Gasteiger partial charge in [-0.15, -0.1) is 0 Å². The van der Waals surface area contributed by atoms with Crippen LogP contribution in [0.4, 0.5) is 4.39 Å². The van der Waals surface area contributed by atoms with E-state index in [-0.39, 0.29) is 34.5 Å². The highest BCUT2D eigenvalue weighted by Crippen LogP contribution is 2.53. The molecule has 2 aliphatic rings. The van der Waals surface area contributed by atoms with Crippen LogP contribution in [0.3, 0.4) is 0 Å². The van der Waals surface area contributed by atoms with E-state index in [1.54, 1.807) is 12.3 Å². The van der Waals surface area contributed by atoms with Gasteiger partial charge in [0.1, 0.15) is 0 Å². The number of rotatable bonds is 6. The molecule has 2 atom stereocenters. The molecule has 5 rings (SSSR count). The van der Waals surface area contributed by atoms with Crippen LogP contribution in [0.1, 0.15) is 47.9 Å². The zero-order chi connectivity index (χ0) is 21.8. The van der Waals surface area contributed by atoms with E-state index in [9.17, 15) is 9.18 Å². The number of halogens is 1. The first kappa shape index (κ1) is 19.9. The average Bonchev–Trinajstić information content (AvgIpc) is 3.44. The molecule has 2 fully saturated rings. The first-order chi connectivity index (χ1) is 14.9. The molecule has 2 unspecified atom stereocenters. The molecule has 1 aliphatic heterocycles. The Labute approximate surface area is 179 Å². The molecule has 2 bridgehead atoms. The summed E-state index contributed by atoms with van der Waals surface area (Å²) in [6.45, 7) is 2.82. The van der Waals surface area contributed by atoms with E-state index < -0.39 is 5.82 Å². The lowest BCUT2D eigenvalue weighted by Crippen LogP contribution is -2.26. The van der Waals surface area contributed by atoms with E-state index in [0.717, 1.165) is 25.0 Å². The Bertz CT molecular complexity index is 1180. The highest BCUT2D eigenvalue weighted by atomic mass is 19.1. The number of Topliss-reactive ketones (excluding diaryl/α,β-unsaturated/α-hetero) is 1. The average molecular weight is 425 g/mol. The van der Waals surface area contributed by atoms with Crippen molar-refractivity contribution in [1.82, 2.24) is 14.4 Å². The molecule has 0 radical (unpaired) electrons. The molecular formula is C23H24FN3O4. The summed E-state index contributed by atoms with van der Waals surface area (Å²) in [7, 11) is 2.87. The zero-order valence-electron chi connectivity index (χ0n) is 17.8. The van der Waals surface area contributed by atoms with Crippen LogP contribution in [0.2, 0.25) is 0 Å². The second-order valence-corrected chi connectivity index (χ2v) is 8.71. The molecule has 1 aromatic carbocycles. The van der Waals surface area contributed by atoms with Gasteiger partial charge < -0.3 is 18.6 Å². The van der Waals surface area contributed by atoms with Crippen LogP contribution in [0, 0.1) is 5.82 Å². The van der Waals surface area contributed by atoms with Gasteiger partial charge in [0.05, 0.1) is 49.8 Å². The van der Waals surface area contributed by atoms with Gasteiger partial charge in [-0.3, -0.25) is 4.79 Å². The fourth-order valence-corrected chi connectivity index (χ4v) is 4.94. The minimum Gasteiger partial charge on any atom is -0.493 e. The Morgan fingerprint density at radius 2 is 2.06 bits per heavy atom. The second-order valence-electron chi connectivity index (χ2n) is 8.71. The number of ether oxygens (including phenoxy) is 3. The Balaban J connectivity index is 1.50. The maximum absolute atomic E-state index is 14.0. The lowest BCUT2D eigenvalue weighted by molar-refractivity contribution is -0.00627. The first-order valence-corrected chi connectivity index (χ1v) is 10.3. The van der Waals surface area contributed by atoms with Gasteiger partial charge in [-0.05, 0) is 38.3 Å². The maximum atomic E-state index is 14.0. The third-order valence-corrected chi connectivity index (χ3v) is 6.55. The third kappa shape index (κ3) is 3.17. The van der Waals surface area contributed by atoms with Crippen molar-refractivity contribution in [1.29, 1.82) is 0 Å². The predicted octanol–water partition coefficient (Wildman–Crippen LogP) is 3.52. The largest absolute Gasteiger partial charge is 0.493 e. The molecule has 162 valence electrons. The maximum Gasteiger partial charge on any atom is 0.258 e. The van der Waals surface area contributed by atoms with E-state index in [1.165, 1.54) is 26.4 Å². The summed E-state index contributed by atoms with van der Waals surface area (Å²) in [5.41, 5.74) is 2.09. The van der Waals surface area contributed by atoms with Crippen molar-refractivity contribution < 1.29 is 23.4 Å². The third-order valence-electron chi connectivity index (χ3n) is 6.55. The van der Waals surface area contributed by atoms with E-state index in [0.29, 0.717) is 23.8 Å². The number of imidazole rings is 1.